The molecule has 3 nitrogen and oxygen atoms in total. The minimum atomic E-state index is 0.0153. The number of hydrogen-bond donors (Lipinski definition) is 1. The number of aryl methyl sites for hydroxylation is 3. The topological polar surface area (TPSA) is 38.3 Å². The fourth-order valence-corrected chi connectivity index (χ4v) is 3.20. The summed E-state index contributed by atoms with van der Waals surface area (Å²) in [4.78, 5) is 12.1. The molecule has 0 radical (unpaired) electrons. The van der Waals surface area contributed by atoms with Gasteiger partial charge in [-0.05, 0) is 56.2 Å². The Hall–Kier alpha value is -1.65. The van der Waals surface area contributed by atoms with Crippen LogP contribution in [0.15, 0.2) is 36.4 Å². The maximum Gasteiger partial charge on any atom is 0.234 e. The van der Waals surface area contributed by atoms with E-state index in [0.717, 1.165) is 28.3 Å². The molecule has 2 aromatic rings. The summed E-state index contributed by atoms with van der Waals surface area (Å²) in [5.41, 5.74) is 4.31. The lowest BCUT2D eigenvalue weighted by molar-refractivity contribution is -0.113. The molecule has 2 aromatic carbocycles. The number of rotatable bonds is 7. The van der Waals surface area contributed by atoms with E-state index in [4.69, 9.17) is 16.3 Å². The summed E-state index contributed by atoms with van der Waals surface area (Å²) in [5.74, 6) is 1.97. The number of carbonyl (C=O) groups excluding carboxylic acids is 1. The maximum atomic E-state index is 12.1. The number of hydrogen-bond acceptors (Lipinski definition) is 3. The van der Waals surface area contributed by atoms with Crippen LogP contribution in [0.25, 0.3) is 0 Å². The Morgan fingerprint density at radius 2 is 1.75 bits per heavy atom. The Bertz CT molecular complexity index is 678. The molecule has 1 amide bonds. The monoisotopic (exact) mass is 363 g/mol. The molecule has 0 spiro atoms. The van der Waals surface area contributed by atoms with Gasteiger partial charge in [-0.25, -0.2) is 0 Å². The Kier molecular flexibility index (Phi) is 7.00. The highest BCUT2D eigenvalue weighted by atomic mass is 35.5. The predicted molar refractivity (Wildman–Crippen MR) is 104 cm³/mol. The standard InChI is InChI=1S/C19H22ClNO2S/c1-13-10-14(2)19(15(3)11-13)21-18(22)12-24-9-8-23-17-6-4-16(20)5-7-17/h4-7,10-11H,8-9,12H2,1-3H3,(H,21,22). The number of ether oxygens (including phenoxy) is 1. The molecular weight excluding hydrogens is 342 g/mol. The Morgan fingerprint density at radius 1 is 1.12 bits per heavy atom. The van der Waals surface area contributed by atoms with Gasteiger partial charge in [0.25, 0.3) is 0 Å². The number of carbonyl (C=O) groups is 1. The molecule has 0 atom stereocenters. The van der Waals surface area contributed by atoms with Crippen molar-refractivity contribution in [2.75, 3.05) is 23.4 Å². The van der Waals surface area contributed by atoms with Crippen LogP contribution in [0, 0.1) is 20.8 Å². The first-order valence-corrected chi connectivity index (χ1v) is 9.33. The number of benzene rings is 2. The first kappa shape index (κ1) is 18.7. The molecule has 5 heteroatoms. The fourth-order valence-electron chi connectivity index (χ4n) is 2.47. The van der Waals surface area contributed by atoms with Crippen LogP contribution < -0.4 is 10.1 Å². The largest absolute Gasteiger partial charge is 0.493 e. The van der Waals surface area contributed by atoms with Crippen LogP contribution in [-0.2, 0) is 4.79 Å². The highest BCUT2D eigenvalue weighted by Crippen LogP contribution is 2.22. The molecular formula is C19H22ClNO2S. The number of halogens is 1. The van der Waals surface area contributed by atoms with Gasteiger partial charge in [0.15, 0.2) is 0 Å². The molecule has 0 aliphatic carbocycles. The number of nitrogens with one attached hydrogen (secondary N) is 1. The lowest BCUT2D eigenvalue weighted by Gasteiger charge is -2.12. The molecule has 24 heavy (non-hydrogen) atoms. The lowest BCUT2D eigenvalue weighted by Crippen LogP contribution is -2.16. The molecule has 0 bridgehead atoms. The molecule has 0 fully saturated rings. The van der Waals surface area contributed by atoms with Crippen molar-refractivity contribution in [1.29, 1.82) is 0 Å². The van der Waals surface area contributed by atoms with E-state index in [0.29, 0.717) is 17.4 Å². The zero-order chi connectivity index (χ0) is 17.5. The normalized spacial score (nSPS) is 10.5. The smallest absolute Gasteiger partial charge is 0.234 e. The van der Waals surface area contributed by atoms with Crippen LogP contribution in [0.1, 0.15) is 16.7 Å². The van der Waals surface area contributed by atoms with E-state index < -0.39 is 0 Å². The number of anilines is 1. The van der Waals surface area contributed by atoms with Gasteiger partial charge in [0.1, 0.15) is 5.75 Å². The SMILES string of the molecule is Cc1cc(C)c(NC(=O)CSCCOc2ccc(Cl)cc2)c(C)c1. The van der Waals surface area contributed by atoms with Crippen LogP contribution in [0.4, 0.5) is 5.69 Å². The molecule has 1 N–H and O–H groups in total. The predicted octanol–water partition coefficient (Wildman–Crippen LogP) is 5.02. The van der Waals surface area contributed by atoms with Gasteiger partial charge in [0.2, 0.25) is 5.91 Å². The maximum absolute atomic E-state index is 12.1. The fraction of sp³-hybridized carbons (Fsp3) is 0.316. The van der Waals surface area contributed by atoms with Gasteiger partial charge in [0, 0.05) is 16.5 Å². The van der Waals surface area contributed by atoms with Crippen molar-refractivity contribution in [3.8, 4) is 5.75 Å². The van der Waals surface area contributed by atoms with Crippen LogP contribution in [0.3, 0.4) is 0 Å². The van der Waals surface area contributed by atoms with Gasteiger partial charge in [0.05, 0.1) is 12.4 Å². The minimum Gasteiger partial charge on any atom is -0.493 e. The second-order valence-electron chi connectivity index (χ2n) is 5.68. The van der Waals surface area contributed by atoms with Crippen molar-refractivity contribution in [3.63, 3.8) is 0 Å². The van der Waals surface area contributed by atoms with E-state index in [2.05, 4.69) is 24.4 Å². The van der Waals surface area contributed by atoms with Gasteiger partial charge >= 0.3 is 0 Å². The zero-order valence-electron chi connectivity index (χ0n) is 14.2. The zero-order valence-corrected chi connectivity index (χ0v) is 15.8. The average molecular weight is 364 g/mol. The molecule has 0 saturated carbocycles. The summed E-state index contributed by atoms with van der Waals surface area (Å²) < 4.78 is 5.60. The second-order valence-corrected chi connectivity index (χ2v) is 7.22. The third-order valence-corrected chi connectivity index (χ3v) is 4.66. The van der Waals surface area contributed by atoms with E-state index >= 15 is 0 Å². The van der Waals surface area contributed by atoms with E-state index in [1.165, 1.54) is 5.56 Å². The van der Waals surface area contributed by atoms with Gasteiger partial charge in [-0.15, -0.1) is 11.8 Å². The molecule has 0 saturated heterocycles. The highest BCUT2D eigenvalue weighted by Gasteiger charge is 2.08. The first-order chi connectivity index (χ1) is 11.5. The molecule has 0 aliphatic rings. The molecule has 128 valence electrons. The van der Waals surface area contributed by atoms with Gasteiger partial charge in [-0.2, -0.15) is 0 Å². The van der Waals surface area contributed by atoms with Crippen molar-refractivity contribution >= 4 is 35.0 Å². The second kappa shape index (κ2) is 9.00. The Balaban J connectivity index is 1.71. The quantitative estimate of drug-likeness (QED) is 0.702. The molecule has 0 aliphatic heterocycles. The van der Waals surface area contributed by atoms with Crippen molar-refractivity contribution in [3.05, 3.63) is 58.1 Å². The van der Waals surface area contributed by atoms with Crippen molar-refractivity contribution in [2.24, 2.45) is 0 Å². The summed E-state index contributed by atoms with van der Waals surface area (Å²) >= 11 is 7.38. The van der Waals surface area contributed by atoms with Crippen LogP contribution in [0.2, 0.25) is 5.02 Å². The van der Waals surface area contributed by atoms with Crippen molar-refractivity contribution in [2.45, 2.75) is 20.8 Å². The first-order valence-electron chi connectivity index (χ1n) is 7.79. The minimum absolute atomic E-state index is 0.0153. The Labute approximate surface area is 152 Å². The van der Waals surface area contributed by atoms with Gasteiger partial charge in [-0.1, -0.05) is 29.3 Å². The molecule has 0 heterocycles. The Morgan fingerprint density at radius 3 is 2.38 bits per heavy atom. The van der Waals surface area contributed by atoms with Crippen LogP contribution >= 0.6 is 23.4 Å². The number of amides is 1. The van der Waals surface area contributed by atoms with Crippen molar-refractivity contribution < 1.29 is 9.53 Å². The van der Waals surface area contributed by atoms with E-state index in [1.807, 2.05) is 26.0 Å². The van der Waals surface area contributed by atoms with Crippen molar-refractivity contribution in [1.82, 2.24) is 0 Å². The van der Waals surface area contributed by atoms with Crippen LogP contribution in [-0.4, -0.2) is 24.0 Å². The summed E-state index contributed by atoms with van der Waals surface area (Å²) in [6.45, 7) is 6.65. The summed E-state index contributed by atoms with van der Waals surface area (Å²) in [7, 11) is 0. The average Bonchev–Trinajstić information content (AvgIpc) is 2.52. The molecule has 0 aromatic heterocycles. The third kappa shape index (κ3) is 5.77. The lowest BCUT2D eigenvalue weighted by atomic mass is 10.1. The van der Waals surface area contributed by atoms with E-state index in [-0.39, 0.29) is 5.91 Å². The van der Waals surface area contributed by atoms with Gasteiger partial charge < -0.3 is 10.1 Å². The van der Waals surface area contributed by atoms with Crippen LogP contribution in [0.5, 0.6) is 5.75 Å². The van der Waals surface area contributed by atoms with E-state index in [1.54, 1.807) is 23.9 Å². The third-order valence-electron chi connectivity index (χ3n) is 3.48. The molecule has 2 rings (SSSR count). The molecule has 0 unspecified atom stereocenters. The number of thioether (sulfide) groups is 1. The van der Waals surface area contributed by atoms with E-state index in [9.17, 15) is 4.79 Å². The highest BCUT2D eigenvalue weighted by molar-refractivity contribution is 7.99. The van der Waals surface area contributed by atoms with Gasteiger partial charge in [-0.3, -0.25) is 4.79 Å². The summed E-state index contributed by atoms with van der Waals surface area (Å²) in [5, 5.41) is 3.70. The summed E-state index contributed by atoms with van der Waals surface area (Å²) in [6.07, 6.45) is 0. The summed E-state index contributed by atoms with van der Waals surface area (Å²) in [6, 6.07) is 11.4.